The molecule has 0 spiro atoms. The van der Waals surface area contributed by atoms with E-state index >= 15 is 0 Å². The predicted molar refractivity (Wildman–Crippen MR) is 59.8 cm³/mol. The van der Waals surface area contributed by atoms with Gasteiger partial charge in [0.05, 0.1) is 5.41 Å². The number of carboxylic acid groups (broad SMARTS) is 1. The van der Waals surface area contributed by atoms with Gasteiger partial charge in [-0.2, -0.15) is 13.2 Å². The van der Waals surface area contributed by atoms with Crippen LogP contribution in [0.4, 0.5) is 13.2 Å². The van der Waals surface area contributed by atoms with E-state index < -0.39 is 23.3 Å². The largest absolute Gasteiger partial charge is 0.481 e. The first-order chi connectivity index (χ1) is 8.83. The minimum atomic E-state index is -4.54. The summed E-state index contributed by atoms with van der Waals surface area (Å²) in [5.41, 5.74) is -0.289. The standard InChI is InChI=1S/C13H9F3O3/c14-13(15,16)10-6-7-5-8(1-2-9(7)19-10)12(3-4-12)11(17)18/h1-2,5-6H,3-4H2,(H,17,18). The summed E-state index contributed by atoms with van der Waals surface area (Å²) in [5, 5.41) is 9.44. The monoisotopic (exact) mass is 270 g/mol. The lowest BCUT2D eigenvalue weighted by atomic mass is 9.95. The lowest BCUT2D eigenvalue weighted by Gasteiger charge is -2.09. The maximum absolute atomic E-state index is 12.5. The molecule has 0 amide bonds. The van der Waals surface area contributed by atoms with Crippen molar-refractivity contribution in [1.29, 1.82) is 0 Å². The third-order valence-electron chi connectivity index (χ3n) is 3.51. The van der Waals surface area contributed by atoms with Crippen molar-refractivity contribution in [2.24, 2.45) is 0 Å². The van der Waals surface area contributed by atoms with Crippen LogP contribution in [0, 0.1) is 0 Å². The zero-order valence-electron chi connectivity index (χ0n) is 9.62. The van der Waals surface area contributed by atoms with Gasteiger partial charge in [0.1, 0.15) is 5.58 Å². The van der Waals surface area contributed by atoms with Crippen LogP contribution < -0.4 is 0 Å². The average molecular weight is 270 g/mol. The van der Waals surface area contributed by atoms with Crippen LogP contribution in [0.2, 0.25) is 0 Å². The number of fused-ring (bicyclic) bond motifs is 1. The van der Waals surface area contributed by atoms with Gasteiger partial charge in [-0.3, -0.25) is 4.79 Å². The third-order valence-corrected chi connectivity index (χ3v) is 3.51. The highest BCUT2D eigenvalue weighted by atomic mass is 19.4. The molecule has 1 fully saturated rings. The van der Waals surface area contributed by atoms with Gasteiger partial charge < -0.3 is 9.52 Å². The third kappa shape index (κ3) is 1.78. The number of rotatable bonds is 2. The van der Waals surface area contributed by atoms with Crippen LogP contribution in [0.1, 0.15) is 24.2 Å². The van der Waals surface area contributed by atoms with Gasteiger partial charge >= 0.3 is 12.1 Å². The Labute approximate surface area is 105 Å². The summed E-state index contributed by atoms with van der Waals surface area (Å²) in [5.74, 6) is -2.01. The van der Waals surface area contributed by atoms with E-state index in [0.29, 0.717) is 18.4 Å². The van der Waals surface area contributed by atoms with Gasteiger partial charge in [-0.15, -0.1) is 0 Å². The van der Waals surface area contributed by atoms with Crippen molar-refractivity contribution in [1.82, 2.24) is 0 Å². The van der Waals surface area contributed by atoms with Crippen molar-refractivity contribution in [3.63, 3.8) is 0 Å². The molecule has 1 aromatic carbocycles. The van der Waals surface area contributed by atoms with E-state index in [9.17, 15) is 18.0 Å². The second-order valence-corrected chi connectivity index (χ2v) is 4.75. The molecule has 2 aromatic rings. The van der Waals surface area contributed by atoms with Crippen molar-refractivity contribution >= 4 is 16.9 Å². The molecule has 1 aromatic heterocycles. The fraction of sp³-hybridized carbons (Fsp3) is 0.308. The van der Waals surface area contributed by atoms with E-state index in [1.807, 2.05) is 0 Å². The number of aliphatic carboxylic acids is 1. The summed E-state index contributed by atoms with van der Waals surface area (Å²) >= 11 is 0. The van der Waals surface area contributed by atoms with Crippen LogP contribution in [0.5, 0.6) is 0 Å². The minimum absolute atomic E-state index is 0.109. The molecule has 1 heterocycles. The average Bonchev–Trinajstić information content (AvgIpc) is 3.01. The Kier molecular flexibility index (Phi) is 2.24. The van der Waals surface area contributed by atoms with E-state index in [-0.39, 0.29) is 11.0 Å². The Morgan fingerprint density at radius 2 is 1.95 bits per heavy atom. The Hall–Kier alpha value is -1.98. The number of benzene rings is 1. The van der Waals surface area contributed by atoms with Crippen molar-refractivity contribution in [2.45, 2.75) is 24.4 Å². The Balaban J connectivity index is 2.09. The smallest absolute Gasteiger partial charge is 0.449 e. The van der Waals surface area contributed by atoms with Crippen LogP contribution in [-0.4, -0.2) is 11.1 Å². The summed E-state index contributed by atoms with van der Waals surface area (Å²) in [7, 11) is 0. The summed E-state index contributed by atoms with van der Waals surface area (Å²) in [4.78, 5) is 11.2. The van der Waals surface area contributed by atoms with Gasteiger partial charge in [0.15, 0.2) is 0 Å². The minimum Gasteiger partial charge on any atom is -0.481 e. The molecule has 0 radical (unpaired) electrons. The van der Waals surface area contributed by atoms with Crippen LogP contribution >= 0.6 is 0 Å². The molecule has 1 saturated carbocycles. The maximum atomic E-state index is 12.5. The second kappa shape index (κ2) is 3.53. The van der Waals surface area contributed by atoms with Crippen LogP contribution in [0.25, 0.3) is 11.0 Å². The molecule has 1 aliphatic rings. The molecule has 0 atom stereocenters. The lowest BCUT2D eigenvalue weighted by Crippen LogP contribution is -2.19. The number of carboxylic acids is 1. The molecular formula is C13H9F3O3. The first-order valence-corrected chi connectivity index (χ1v) is 5.68. The van der Waals surface area contributed by atoms with Gasteiger partial charge in [-0.1, -0.05) is 6.07 Å². The SMILES string of the molecule is O=C(O)C1(c2ccc3oc(C(F)(F)F)cc3c2)CC1. The Bertz CT molecular complexity index is 665. The van der Waals surface area contributed by atoms with Crippen molar-refractivity contribution in [3.05, 3.63) is 35.6 Å². The number of halogens is 3. The highest BCUT2D eigenvalue weighted by molar-refractivity contribution is 5.88. The fourth-order valence-electron chi connectivity index (χ4n) is 2.23. The quantitative estimate of drug-likeness (QED) is 0.907. The van der Waals surface area contributed by atoms with Crippen LogP contribution in [0.15, 0.2) is 28.7 Å². The zero-order valence-corrected chi connectivity index (χ0v) is 9.62. The molecule has 19 heavy (non-hydrogen) atoms. The highest BCUT2D eigenvalue weighted by Crippen LogP contribution is 2.49. The summed E-state index contributed by atoms with van der Waals surface area (Å²) in [6.07, 6.45) is -3.51. The highest BCUT2D eigenvalue weighted by Gasteiger charge is 2.51. The van der Waals surface area contributed by atoms with E-state index in [2.05, 4.69) is 0 Å². The van der Waals surface area contributed by atoms with Crippen LogP contribution in [-0.2, 0) is 16.4 Å². The molecule has 6 heteroatoms. The molecule has 0 saturated heterocycles. The molecular weight excluding hydrogens is 261 g/mol. The Morgan fingerprint density at radius 1 is 1.26 bits per heavy atom. The molecule has 0 unspecified atom stereocenters. The topological polar surface area (TPSA) is 50.4 Å². The molecule has 100 valence electrons. The van der Waals surface area contributed by atoms with Gasteiger partial charge in [0.2, 0.25) is 5.76 Å². The first-order valence-electron chi connectivity index (χ1n) is 5.68. The van der Waals surface area contributed by atoms with Crippen molar-refractivity contribution in [2.75, 3.05) is 0 Å². The lowest BCUT2D eigenvalue weighted by molar-refractivity contribution is -0.152. The van der Waals surface area contributed by atoms with Crippen LogP contribution in [0.3, 0.4) is 0 Å². The van der Waals surface area contributed by atoms with E-state index in [4.69, 9.17) is 9.52 Å². The summed E-state index contributed by atoms with van der Waals surface area (Å²) in [6, 6.07) is 5.28. The molecule has 1 aliphatic carbocycles. The summed E-state index contributed by atoms with van der Waals surface area (Å²) in [6.45, 7) is 0. The number of furan rings is 1. The second-order valence-electron chi connectivity index (χ2n) is 4.75. The van der Waals surface area contributed by atoms with Gasteiger partial charge in [0, 0.05) is 5.39 Å². The predicted octanol–water partition coefficient (Wildman–Crippen LogP) is 3.57. The number of alkyl halides is 3. The zero-order chi connectivity index (χ0) is 13.8. The first kappa shape index (κ1) is 12.1. The molecule has 0 aliphatic heterocycles. The molecule has 1 N–H and O–H groups in total. The van der Waals surface area contributed by atoms with Crippen molar-refractivity contribution in [3.8, 4) is 0 Å². The number of hydrogen-bond acceptors (Lipinski definition) is 2. The summed E-state index contributed by atoms with van der Waals surface area (Å²) < 4.78 is 42.2. The molecule has 0 bridgehead atoms. The number of carbonyl (C=O) groups is 1. The van der Waals surface area contributed by atoms with Gasteiger partial charge in [-0.25, -0.2) is 0 Å². The number of hydrogen-bond donors (Lipinski definition) is 1. The Morgan fingerprint density at radius 3 is 2.47 bits per heavy atom. The normalized spacial score (nSPS) is 17.6. The van der Waals surface area contributed by atoms with E-state index in [0.717, 1.165) is 6.07 Å². The van der Waals surface area contributed by atoms with Gasteiger partial charge in [-0.05, 0) is 36.6 Å². The van der Waals surface area contributed by atoms with Crippen molar-refractivity contribution < 1.29 is 27.5 Å². The molecule has 3 rings (SSSR count). The van der Waals surface area contributed by atoms with E-state index in [1.165, 1.54) is 18.2 Å². The van der Waals surface area contributed by atoms with Gasteiger partial charge in [0.25, 0.3) is 0 Å². The van der Waals surface area contributed by atoms with E-state index in [1.54, 1.807) is 0 Å². The maximum Gasteiger partial charge on any atom is 0.449 e. The fourth-order valence-corrected chi connectivity index (χ4v) is 2.23. The molecule has 3 nitrogen and oxygen atoms in total.